The number of fused-ring (bicyclic) bond motifs is 1. The Labute approximate surface area is 117 Å². The van der Waals surface area contributed by atoms with Crippen LogP contribution in [0.3, 0.4) is 0 Å². The SMILES string of the molecule is Cc1cc(N2CC3OCCN(C)C3C2)ncc1[N+](=O)[O-]. The van der Waals surface area contributed by atoms with E-state index in [1.807, 2.05) is 0 Å². The zero-order valence-electron chi connectivity index (χ0n) is 11.7. The van der Waals surface area contributed by atoms with E-state index < -0.39 is 4.92 Å². The summed E-state index contributed by atoms with van der Waals surface area (Å²) in [5.41, 5.74) is 0.711. The van der Waals surface area contributed by atoms with Crippen molar-refractivity contribution in [3.05, 3.63) is 27.9 Å². The molecule has 2 unspecified atom stereocenters. The predicted octanol–water partition coefficient (Wildman–Crippen LogP) is 0.817. The number of hydrogen-bond donors (Lipinski definition) is 0. The minimum atomic E-state index is -0.396. The third-order valence-corrected chi connectivity index (χ3v) is 4.17. The summed E-state index contributed by atoms with van der Waals surface area (Å²) in [5, 5.41) is 10.8. The molecule has 0 amide bonds. The fraction of sp³-hybridized carbons (Fsp3) is 0.615. The molecule has 3 rings (SSSR count). The van der Waals surface area contributed by atoms with E-state index in [1.54, 1.807) is 13.0 Å². The van der Waals surface area contributed by atoms with Gasteiger partial charge in [-0.15, -0.1) is 0 Å². The molecule has 108 valence electrons. The first kappa shape index (κ1) is 13.3. The lowest BCUT2D eigenvalue weighted by atomic mass is 10.1. The van der Waals surface area contributed by atoms with Crippen LogP contribution in [0.25, 0.3) is 0 Å². The predicted molar refractivity (Wildman–Crippen MR) is 74.0 cm³/mol. The zero-order chi connectivity index (χ0) is 14.3. The Balaban J connectivity index is 1.81. The van der Waals surface area contributed by atoms with Gasteiger partial charge < -0.3 is 9.64 Å². The molecule has 2 atom stereocenters. The smallest absolute Gasteiger partial charge is 0.290 e. The van der Waals surface area contributed by atoms with Crippen LogP contribution in [0.15, 0.2) is 12.3 Å². The summed E-state index contributed by atoms with van der Waals surface area (Å²) >= 11 is 0. The van der Waals surface area contributed by atoms with Gasteiger partial charge in [-0.05, 0) is 20.0 Å². The second-order valence-corrected chi connectivity index (χ2v) is 5.45. The summed E-state index contributed by atoms with van der Waals surface area (Å²) in [5.74, 6) is 0.791. The molecule has 7 heteroatoms. The first-order valence-corrected chi connectivity index (χ1v) is 6.74. The molecule has 1 aromatic rings. The third kappa shape index (κ3) is 2.23. The molecular weight excluding hydrogens is 260 g/mol. The number of likely N-dealkylation sites (N-methyl/N-ethyl adjacent to an activating group) is 1. The monoisotopic (exact) mass is 278 g/mol. The molecular formula is C13H18N4O3. The first-order chi connectivity index (χ1) is 9.56. The topological polar surface area (TPSA) is 71.7 Å². The number of anilines is 1. The van der Waals surface area contributed by atoms with Crippen molar-refractivity contribution in [3.8, 4) is 0 Å². The molecule has 0 bridgehead atoms. The van der Waals surface area contributed by atoms with Gasteiger partial charge in [-0.1, -0.05) is 0 Å². The van der Waals surface area contributed by atoms with Gasteiger partial charge in [0.25, 0.3) is 5.69 Å². The summed E-state index contributed by atoms with van der Waals surface area (Å²) in [6, 6.07) is 2.16. The van der Waals surface area contributed by atoms with Crippen molar-refractivity contribution in [1.29, 1.82) is 0 Å². The van der Waals surface area contributed by atoms with E-state index >= 15 is 0 Å². The lowest BCUT2D eigenvalue weighted by Gasteiger charge is -2.33. The van der Waals surface area contributed by atoms with E-state index in [2.05, 4.69) is 21.8 Å². The Hall–Kier alpha value is -1.73. The average molecular weight is 278 g/mol. The Kier molecular flexibility index (Phi) is 3.31. The summed E-state index contributed by atoms with van der Waals surface area (Å²) < 4.78 is 5.80. The molecule has 1 aromatic heterocycles. The van der Waals surface area contributed by atoms with Gasteiger partial charge in [-0.25, -0.2) is 4.98 Å². The van der Waals surface area contributed by atoms with Crippen molar-refractivity contribution in [2.24, 2.45) is 0 Å². The lowest BCUT2D eigenvalue weighted by Crippen LogP contribution is -2.48. The second kappa shape index (κ2) is 4.99. The highest BCUT2D eigenvalue weighted by molar-refractivity contribution is 5.49. The van der Waals surface area contributed by atoms with Crippen LogP contribution in [0.1, 0.15) is 5.56 Å². The van der Waals surface area contributed by atoms with Gasteiger partial charge in [0.15, 0.2) is 0 Å². The number of hydrogen-bond acceptors (Lipinski definition) is 6. The molecule has 0 radical (unpaired) electrons. The zero-order valence-corrected chi connectivity index (χ0v) is 11.7. The minimum absolute atomic E-state index is 0.0683. The van der Waals surface area contributed by atoms with Crippen molar-refractivity contribution in [1.82, 2.24) is 9.88 Å². The van der Waals surface area contributed by atoms with Gasteiger partial charge >= 0.3 is 0 Å². The number of aromatic nitrogens is 1. The quantitative estimate of drug-likeness (QED) is 0.589. The highest BCUT2D eigenvalue weighted by Gasteiger charge is 2.39. The normalized spacial score (nSPS) is 26.6. The highest BCUT2D eigenvalue weighted by atomic mass is 16.6. The van der Waals surface area contributed by atoms with Gasteiger partial charge in [-0.2, -0.15) is 0 Å². The Morgan fingerprint density at radius 1 is 1.50 bits per heavy atom. The van der Waals surface area contributed by atoms with Crippen LogP contribution in [-0.4, -0.2) is 60.2 Å². The Morgan fingerprint density at radius 3 is 2.95 bits per heavy atom. The fourth-order valence-electron chi connectivity index (χ4n) is 2.94. The van der Waals surface area contributed by atoms with E-state index in [0.717, 1.165) is 32.1 Å². The number of nitrogens with zero attached hydrogens (tertiary/aromatic N) is 4. The van der Waals surface area contributed by atoms with Gasteiger partial charge in [0.1, 0.15) is 12.0 Å². The number of rotatable bonds is 2. The van der Waals surface area contributed by atoms with E-state index in [4.69, 9.17) is 4.74 Å². The summed E-state index contributed by atoms with van der Waals surface area (Å²) in [4.78, 5) is 19.1. The molecule has 2 aliphatic rings. The van der Waals surface area contributed by atoms with Crippen molar-refractivity contribution in [3.63, 3.8) is 0 Å². The molecule has 0 saturated carbocycles. The molecule has 2 aliphatic heterocycles. The van der Waals surface area contributed by atoms with E-state index in [-0.39, 0.29) is 11.8 Å². The standard InChI is InChI=1S/C13H18N4O3/c1-9-5-13(14-6-10(9)17(18)19)16-7-11-12(8-16)20-4-3-15(11)2/h5-6,11-12H,3-4,7-8H2,1-2H3. The van der Waals surface area contributed by atoms with Crippen LogP contribution in [0.4, 0.5) is 11.5 Å². The fourth-order valence-corrected chi connectivity index (χ4v) is 2.94. The Bertz CT molecular complexity index is 536. The molecule has 0 aliphatic carbocycles. The van der Waals surface area contributed by atoms with Gasteiger partial charge in [-0.3, -0.25) is 15.0 Å². The lowest BCUT2D eigenvalue weighted by molar-refractivity contribution is -0.385. The van der Waals surface area contributed by atoms with Crippen molar-refractivity contribution in [2.75, 3.05) is 38.2 Å². The molecule has 0 aromatic carbocycles. The summed E-state index contributed by atoms with van der Waals surface area (Å²) in [6.07, 6.45) is 1.54. The first-order valence-electron chi connectivity index (χ1n) is 6.74. The molecule has 2 saturated heterocycles. The number of pyridine rings is 1. The van der Waals surface area contributed by atoms with Gasteiger partial charge in [0.2, 0.25) is 0 Å². The highest BCUT2D eigenvalue weighted by Crippen LogP contribution is 2.27. The van der Waals surface area contributed by atoms with Crippen molar-refractivity contribution in [2.45, 2.75) is 19.1 Å². The molecule has 20 heavy (non-hydrogen) atoms. The molecule has 2 fully saturated rings. The van der Waals surface area contributed by atoms with E-state index in [1.165, 1.54) is 6.20 Å². The summed E-state index contributed by atoms with van der Waals surface area (Å²) in [7, 11) is 2.11. The van der Waals surface area contributed by atoms with E-state index in [0.29, 0.717) is 11.6 Å². The van der Waals surface area contributed by atoms with Crippen LogP contribution in [0.2, 0.25) is 0 Å². The number of nitro groups is 1. The third-order valence-electron chi connectivity index (χ3n) is 4.17. The second-order valence-electron chi connectivity index (χ2n) is 5.45. The Morgan fingerprint density at radius 2 is 2.30 bits per heavy atom. The van der Waals surface area contributed by atoms with Crippen LogP contribution in [0.5, 0.6) is 0 Å². The van der Waals surface area contributed by atoms with Gasteiger partial charge in [0, 0.05) is 25.2 Å². The number of ether oxygens (including phenoxy) is 1. The van der Waals surface area contributed by atoms with E-state index in [9.17, 15) is 10.1 Å². The van der Waals surface area contributed by atoms with Crippen LogP contribution in [-0.2, 0) is 4.74 Å². The molecule has 7 nitrogen and oxygen atoms in total. The van der Waals surface area contributed by atoms with Crippen LogP contribution in [0, 0.1) is 17.0 Å². The summed E-state index contributed by atoms with van der Waals surface area (Å²) in [6.45, 7) is 5.10. The minimum Gasteiger partial charge on any atom is -0.373 e. The maximum atomic E-state index is 10.8. The molecule has 3 heterocycles. The number of aryl methyl sites for hydroxylation is 1. The molecule has 0 spiro atoms. The van der Waals surface area contributed by atoms with Crippen LogP contribution < -0.4 is 4.90 Å². The molecule has 0 N–H and O–H groups in total. The van der Waals surface area contributed by atoms with Crippen molar-refractivity contribution < 1.29 is 9.66 Å². The maximum Gasteiger partial charge on any atom is 0.290 e. The van der Waals surface area contributed by atoms with Crippen LogP contribution >= 0.6 is 0 Å². The largest absolute Gasteiger partial charge is 0.373 e. The van der Waals surface area contributed by atoms with Crippen molar-refractivity contribution >= 4 is 11.5 Å². The average Bonchev–Trinajstić information content (AvgIpc) is 2.83. The number of morpholine rings is 1. The van der Waals surface area contributed by atoms with Gasteiger partial charge in [0.05, 0.1) is 23.7 Å². The maximum absolute atomic E-state index is 10.8.